The van der Waals surface area contributed by atoms with Crippen LogP contribution < -0.4 is 19.6 Å². The van der Waals surface area contributed by atoms with Crippen LogP contribution in [0.5, 0.6) is 0 Å². The number of para-hydroxylation sites is 4. The average Bonchev–Trinajstić information content (AvgIpc) is 3.65. The normalized spacial score (nSPS) is 13.5. The molecule has 21 heteroatoms. The quantitative estimate of drug-likeness (QED) is 0.0754. The summed E-state index contributed by atoms with van der Waals surface area (Å²) < 4.78 is 118. The Labute approximate surface area is 348 Å². The smallest absolute Gasteiger partial charge is 0.741 e. The van der Waals surface area contributed by atoms with Gasteiger partial charge in [-0.15, -0.1) is 0 Å². The van der Waals surface area contributed by atoms with Crippen LogP contribution in [0.25, 0.3) is 32.7 Å². The molecule has 0 atom stereocenters. The van der Waals surface area contributed by atoms with E-state index in [1.54, 1.807) is 0 Å². The molecule has 4 radical (unpaired) electrons. The van der Waals surface area contributed by atoms with E-state index in [9.17, 15) is 26.3 Å². The van der Waals surface area contributed by atoms with Gasteiger partial charge in [0.1, 0.15) is 0 Å². The van der Waals surface area contributed by atoms with Crippen molar-refractivity contribution in [3.8, 4) is 11.1 Å². The summed E-state index contributed by atoms with van der Waals surface area (Å²) >= 11 is 0. The average molecular weight is 955 g/mol. The van der Waals surface area contributed by atoms with E-state index in [2.05, 4.69) is 168 Å². The third-order valence-electron chi connectivity index (χ3n) is 8.58. The van der Waals surface area contributed by atoms with Gasteiger partial charge in [0, 0.05) is 25.2 Å². The van der Waals surface area contributed by atoms with Gasteiger partial charge in [-0.2, -0.15) is 26.3 Å². The van der Waals surface area contributed by atoms with Gasteiger partial charge in [0.25, 0.3) is 0 Å². The predicted molar refractivity (Wildman–Crippen MR) is 206 cm³/mol. The van der Waals surface area contributed by atoms with Gasteiger partial charge in [0.05, 0.1) is 34.1 Å². The summed E-state index contributed by atoms with van der Waals surface area (Å²) in [6, 6.07) is 43.3. The first-order valence-corrected chi connectivity index (χ1v) is 18.9. The second-order valence-corrected chi connectivity index (χ2v) is 14.9. The van der Waals surface area contributed by atoms with Crippen LogP contribution in [0.4, 0.5) is 60.5 Å². The minimum atomic E-state index is -6.09. The van der Waals surface area contributed by atoms with Crippen LogP contribution in [-0.2, 0) is 40.7 Å². The van der Waals surface area contributed by atoms with Crippen LogP contribution in [0, 0.1) is 13.3 Å². The van der Waals surface area contributed by atoms with Crippen molar-refractivity contribution in [2.75, 3.05) is 33.7 Å². The van der Waals surface area contributed by atoms with E-state index in [1.165, 1.54) is 32.7 Å². The number of rotatable bonds is 3. The third-order valence-corrected chi connectivity index (χ3v) is 9.71. The predicted octanol–water partition coefficient (Wildman–Crippen LogP) is 7.28. The number of benzene rings is 6. The van der Waals surface area contributed by atoms with Crippen molar-refractivity contribution in [1.82, 2.24) is 0 Å². The van der Waals surface area contributed by atoms with Crippen molar-refractivity contribution in [1.29, 1.82) is 0 Å². The standard InChI is InChI=1S/C36H26N4.2CHF3O3S.2H2O.Pd/c1-37-23-39(31-17-9-7-15-29(31)37)33-21-19-25-11-3-5-13-27(25)35(33)36-28-14-6-4-12-26(28)20-22-34(36)40-24-38(2)30-16-8-10-18-32(30)40;2*2-1(3,4)8(5,6)7;;;/h3-22H,1-2H3;2*(H,5,6,7);2*1H2;/q;;;;;+2/p-2. The molecular formula is C38H30F6N4O8PdS2. The molecule has 0 saturated heterocycles. The second-order valence-electron chi connectivity index (χ2n) is 12.1. The maximum Gasteiger partial charge on any atom is 2.00 e. The summed E-state index contributed by atoms with van der Waals surface area (Å²) in [5.74, 6) is 0. The van der Waals surface area contributed by atoms with Crippen molar-refractivity contribution >= 4 is 75.9 Å². The van der Waals surface area contributed by atoms with Crippen molar-refractivity contribution < 1.29 is 83.7 Å². The Morgan fingerprint density at radius 3 is 1.03 bits per heavy atom. The minimum absolute atomic E-state index is 0. The number of hydrogen-bond acceptors (Lipinski definition) is 10. The molecule has 8 rings (SSSR count). The molecule has 0 bridgehead atoms. The molecule has 0 amide bonds. The molecule has 0 spiro atoms. The van der Waals surface area contributed by atoms with Gasteiger partial charge >= 0.3 is 31.4 Å². The number of nitrogens with zero attached hydrogens (tertiary/aromatic N) is 4. The Kier molecular flexibility index (Phi) is 14.9. The zero-order valence-electron chi connectivity index (χ0n) is 30.2. The van der Waals surface area contributed by atoms with Crippen molar-refractivity contribution in [2.45, 2.75) is 11.0 Å². The summed E-state index contributed by atoms with van der Waals surface area (Å²) in [6.07, 6.45) is 0. The van der Waals surface area contributed by atoms with E-state index in [4.69, 9.17) is 25.9 Å². The molecule has 6 aromatic rings. The van der Waals surface area contributed by atoms with E-state index in [-0.39, 0.29) is 31.4 Å². The van der Waals surface area contributed by atoms with Crippen LogP contribution in [0.3, 0.4) is 0 Å². The Morgan fingerprint density at radius 2 is 0.729 bits per heavy atom. The fourth-order valence-corrected chi connectivity index (χ4v) is 6.17. The fourth-order valence-electron chi connectivity index (χ4n) is 6.17. The van der Waals surface area contributed by atoms with Crippen molar-refractivity contribution in [3.63, 3.8) is 0 Å². The Bertz CT molecular complexity index is 2490. The molecule has 0 aromatic heterocycles. The number of fused-ring (bicyclic) bond motifs is 4. The topological polar surface area (TPSA) is 190 Å². The number of hydrogen-bond donors (Lipinski definition) is 0. The van der Waals surface area contributed by atoms with Gasteiger partial charge in [-0.25, -0.2) is 16.8 Å². The first kappa shape index (κ1) is 48.4. The van der Waals surface area contributed by atoms with Gasteiger partial charge in [0.2, 0.25) is 13.3 Å². The molecule has 0 aliphatic carbocycles. The molecule has 0 unspecified atom stereocenters. The van der Waals surface area contributed by atoms with Crippen LogP contribution >= 0.6 is 0 Å². The maximum absolute atomic E-state index is 10.7. The maximum atomic E-state index is 10.7. The van der Waals surface area contributed by atoms with E-state index >= 15 is 0 Å². The largest absolute Gasteiger partial charge is 2.00 e. The molecule has 6 aromatic carbocycles. The Hall–Kier alpha value is -4.98. The Morgan fingerprint density at radius 1 is 0.458 bits per heavy atom. The van der Waals surface area contributed by atoms with E-state index < -0.39 is 31.3 Å². The monoisotopic (exact) mass is 954 g/mol. The van der Waals surface area contributed by atoms with Gasteiger partial charge in [0.15, 0.2) is 20.2 Å². The first-order valence-electron chi connectivity index (χ1n) is 16.1. The summed E-state index contributed by atoms with van der Waals surface area (Å²) in [6.45, 7) is 7.20. The molecule has 0 saturated carbocycles. The Balaban J connectivity index is 0.000000419. The molecule has 314 valence electrons. The van der Waals surface area contributed by atoms with Crippen molar-refractivity contribution in [3.05, 3.63) is 135 Å². The third kappa shape index (κ3) is 9.74. The van der Waals surface area contributed by atoms with Crippen LogP contribution in [0.15, 0.2) is 121 Å². The summed E-state index contributed by atoms with van der Waals surface area (Å²) in [5.41, 5.74) is -2.25. The summed E-state index contributed by atoms with van der Waals surface area (Å²) in [7, 11) is -8.06. The van der Waals surface area contributed by atoms with Crippen molar-refractivity contribution in [2.24, 2.45) is 0 Å². The molecule has 12 nitrogen and oxygen atoms in total. The molecule has 2 aliphatic rings. The second kappa shape index (κ2) is 18.1. The van der Waals surface area contributed by atoms with Crippen LogP contribution in [0.2, 0.25) is 0 Å². The molecule has 0 fully saturated rings. The first-order chi connectivity index (χ1) is 26.2. The fraction of sp³-hybridized carbons (Fsp3) is 0.105. The van der Waals surface area contributed by atoms with Gasteiger partial charge < -0.3 is 39.7 Å². The number of anilines is 6. The molecular weight excluding hydrogens is 925 g/mol. The van der Waals surface area contributed by atoms with Crippen LogP contribution in [0.1, 0.15) is 0 Å². The molecule has 2 heterocycles. The number of halogens is 6. The van der Waals surface area contributed by atoms with Crippen LogP contribution in [-0.4, -0.2) is 62.0 Å². The van der Waals surface area contributed by atoms with E-state index in [0.29, 0.717) is 0 Å². The number of alkyl halides is 6. The molecule has 4 N–H and O–H groups in total. The zero-order valence-corrected chi connectivity index (χ0v) is 33.4. The van der Waals surface area contributed by atoms with Gasteiger partial charge in [-0.3, -0.25) is 0 Å². The minimum Gasteiger partial charge on any atom is -0.741 e. The molecule has 59 heavy (non-hydrogen) atoms. The zero-order chi connectivity index (χ0) is 40.8. The van der Waals surface area contributed by atoms with Gasteiger partial charge in [-0.05, 0) is 57.9 Å². The summed E-state index contributed by atoms with van der Waals surface area (Å²) in [4.78, 5) is 8.57. The van der Waals surface area contributed by atoms with E-state index in [1.807, 2.05) is 0 Å². The van der Waals surface area contributed by atoms with E-state index in [0.717, 1.165) is 34.1 Å². The van der Waals surface area contributed by atoms with Gasteiger partial charge in [-0.1, -0.05) is 84.9 Å². The molecule has 2 aliphatic heterocycles. The summed E-state index contributed by atoms with van der Waals surface area (Å²) in [5, 5.41) is 4.81. The SMILES string of the molecule is CN1[C]N(c2ccc3ccccc3c2-c2c(N3[C]N(C)c4ccccc43)ccc3ccccc23)c2ccccc21.O.O.O=S(=O)([O-])C(F)(F)F.O=S(=O)([O-])C(F)(F)F.[Pd+2].